The summed E-state index contributed by atoms with van der Waals surface area (Å²) in [6.45, 7) is 8.58. The van der Waals surface area contributed by atoms with Gasteiger partial charge in [-0.05, 0) is 32.9 Å². The first kappa shape index (κ1) is 22.2. The number of benzene rings is 1. The SMILES string of the molecule is C=CCOC(=O)NC(CC(=O)OC(C)(C)C)C(O)c1nc2cccc(OC)c2o1. The number of aliphatic hydroxyl groups is 1. The molecular weight excluding hydrogens is 380 g/mol. The highest BCUT2D eigenvalue weighted by atomic mass is 16.6. The van der Waals surface area contributed by atoms with Crippen LogP contribution in [0.3, 0.4) is 0 Å². The Kier molecular flexibility index (Phi) is 7.22. The molecule has 2 N–H and O–H groups in total. The van der Waals surface area contributed by atoms with Gasteiger partial charge in [0, 0.05) is 0 Å². The number of aromatic nitrogens is 1. The standard InChI is InChI=1S/C20H26N2O7/c1-6-10-27-19(25)22-13(11-15(23)29-20(2,3)4)16(24)18-21-12-8-7-9-14(26-5)17(12)28-18/h6-9,13,16,24H,1,10-11H2,2-5H3,(H,22,25). The lowest BCUT2D eigenvalue weighted by molar-refractivity contribution is -0.156. The lowest BCUT2D eigenvalue weighted by Gasteiger charge is -2.24. The Morgan fingerprint density at radius 1 is 1.38 bits per heavy atom. The number of nitrogens with zero attached hydrogens (tertiary/aromatic N) is 1. The maximum absolute atomic E-state index is 12.3. The van der Waals surface area contributed by atoms with Gasteiger partial charge in [-0.3, -0.25) is 4.79 Å². The molecule has 29 heavy (non-hydrogen) atoms. The predicted octanol–water partition coefficient (Wildman–Crippen LogP) is 2.88. The zero-order chi connectivity index (χ0) is 21.6. The van der Waals surface area contributed by atoms with Crippen molar-refractivity contribution >= 4 is 23.2 Å². The van der Waals surface area contributed by atoms with E-state index in [2.05, 4.69) is 16.9 Å². The minimum Gasteiger partial charge on any atom is -0.493 e. The van der Waals surface area contributed by atoms with E-state index in [1.807, 2.05) is 0 Å². The van der Waals surface area contributed by atoms with Crippen LogP contribution < -0.4 is 10.1 Å². The monoisotopic (exact) mass is 406 g/mol. The number of hydrogen-bond acceptors (Lipinski definition) is 8. The first-order valence-corrected chi connectivity index (χ1v) is 9.02. The summed E-state index contributed by atoms with van der Waals surface area (Å²) in [5.74, 6) is -0.253. The number of methoxy groups -OCH3 is 1. The van der Waals surface area contributed by atoms with E-state index < -0.39 is 29.8 Å². The molecule has 2 rings (SSSR count). The quantitative estimate of drug-likeness (QED) is 0.507. The number of amides is 1. The van der Waals surface area contributed by atoms with Gasteiger partial charge in [-0.1, -0.05) is 18.7 Å². The molecule has 0 aliphatic carbocycles. The summed E-state index contributed by atoms with van der Waals surface area (Å²) in [7, 11) is 1.48. The molecule has 9 heteroatoms. The van der Waals surface area contributed by atoms with Crippen LogP contribution in [0.1, 0.15) is 39.2 Å². The number of nitrogens with one attached hydrogen (secondary N) is 1. The number of rotatable bonds is 8. The van der Waals surface area contributed by atoms with Gasteiger partial charge in [-0.25, -0.2) is 9.78 Å². The van der Waals surface area contributed by atoms with Crippen LogP contribution in [0.25, 0.3) is 11.1 Å². The molecule has 1 aromatic carbocycles. The van der Waals surface area contributed by atoms with E-state index in [0.29, 0.717) is 16.8 Å². The molecular formula is C20H26N2O7. The van der Waals surface area contributed by atoms with Crippen LogP contribution in [0.5, 0.6) is 5.75 Å². The zero-order valence-corrected chi connectivity index (χ0v) is 16.9. The van der Waals surface area contributed by atoms with Crippen molar-refractivity contribution in [1.29, 1.82) is 0 Å². The Hall–Kier alpha value is -3.07. The number of carbonyl (C=O) groups excluding carboxylic acids is 2. The van der Waals surface area contributed by atoms with E-state index in [9.17, 15) is 14.7 Å². The van der Waals surface area contributed by atoms with Crippen LogP contribution in [0, 0.1) is 0 Å². The van der Waals surface area contributed by atoms with Crippen LogP contribution >= 0.6 is 0 Å². The molecule has 0 radical (unpaired) electrons. The second-order valence-corrected chi connectivity index (χ2v) is 7.23. The highest BCUT2D eigenvalue weighted by Gasteiger charge is 2.32. The summed E-state index contributed by atoms with van der Waals surface area (Å²) in [6, 6.07) is 4.00. The van der Waals surface area contributed by atoms with E-state index in [-0.39, 0.29) is 18.9 Å². The average Bonchev–Trinajstić information content (AvgIpc) is 3.07. The molecule has 1 amide bonds. The van der Waals surface area contributed by atoms with E-state index in [1.165, 1.54) is 13.2 Å². The number of para-hydroxylation sites is 1. The fourth-order valence-corrected chi connectivity index (χ4v) is 2.53. The second kappa shape index (κ2) is 9.42. The van der Waals surface area contributed by atoms with Crippen molar-refractivity contribution in [3.63, 3.8) is 0 Å². The minimum absolute atomic E-state index is 0.0266. The lowest BCUT2D eigenvalue weighted by Crippen LogP contribution is -2.42. The number of oxazole rings is 1. The van der Waals surface area contributed by atoms with Crippen molar-refractivity contribution in [2.24, 2.45) is 0 Å². The Balaban J connectivity index is 2.27. The molecule has 0 saturated heterocycles. The Labute approximate surface area is 168 Å². The number of aliphatic hydroxyl groups excluding tert-OH is 1. The number of esters is 1. The van der Waals surface area contributed by atoms with E-state index >= 15 is 0 Å². The normalized spacial score (nSPS) is 13.4. The third-order valence-electron chi connectivity index (χ3n) is 3.69. The summed E-state index contributed by atoms with van der Waals surface area (Å²) in [4.78, 5) is 28.5. The second-order valence-electron chi connectivity index (χ2n) is 7.23. The Bertz CT molecular complexity index is 869. The average molecular weight is 406 g/mol. The molecule has 2 unspecified atom stereocenters. The van der Waals surface area contributed by atoms with Crippen LogP contribution in [0.4, 0.5) is 4.79 Å². The fraction of sp³-hybridized carbons (Fsp3) is 0.450. The van der Waals surface area contributed by atoms with Crippen molar-refractivity contribution in [3.8, 4) is 5.75 Å². The first-order valence-electron chi connectivity index (χ1n) is 9.02. The van der Waals surface area contributed by atoms with Gasteiger partial charge in [0.2, 0.25) is 5.89 Å². The smallest absolute Gasteiger partial charge is 0.407 e. The molecule has 0 aliphatic heterocycles. The number of fused-ring (bicyclic) bond motifs is 1. The molecule has 0 saturated carbocycles. The first-order chi connectivity index (χ1) is 13.6. The van der Waals surface area contributed by atoms with E-state index in [1.54, 1.807) is 39.0 Å². The Morgan fingerprint density at radius 2 is 2.10 bits per heavy atom. The van der Waals surface area contributed by atoms with Gasteiger partial charge in [0.25, 0.3) is 0 Å². The minimum atomic E-state index is -1.43. The van der Waals surface area contributed by atoms with Crippen LogP contribution in [-0.4, -0.2) is 47.5 Å². The molecule has 0 bridgehead atoms. The summed E-state index contributed by atoms with van der Waals surface area (Å²) < 4.78 is 21.0. The van der Waals surface area contributed by atoms with Crippen LogP contribution in [-0.2, 0) is 14.3 Å². The van der Waals surface area contributed by atoms with Gasteiger partial charge in [0.15, 0.2) is 17.4 Å². The molecule has 1 heterocycles. The molecule has 2 atom stereocenters. The third-order valence-corrected chi connectivity index (χ3v) is 3.69. The highest BCUT2D eigenvalue weighted by molar-refractivity contribution is 5.79. The summed E-state index contributed by atoms with van der Waals surface area (Å²) in [5.41, 5.74) is 0.0823. The molecule has 0 aliphatic rings. The molecule has 9 nitrogen and oxygen atoms in total. The zero-order valence-electron chi connectivity index (χ0n) is 16.9. The summed E-state index contributed by atoms with van der Waals surface area (Å²) in [6.07, 6.45) is -1.19. The molecule has 0 spiro atoms. The van der Waals surface area contributed by atoms with Crippen molar-refractivity contribution in [3.05, 3.63) is 36.7 Å². The third kappa shape index (κ3) is 6.21. The largest absolute Gasteiger partial charge is 0.493 e. The van der Waals surface area contributed by atoms with Crippen LogP contribution in [0.2, 0.25) is 0 Å². The molecule has 2 aromatic rings. The summed E-state index contributed by atoms with van der Waals surface area (Å²) >= 11 is 0. The maximum atomic E-state index is 12.3. The number of carbonyl (C=O) groups is 2. The van der Waals surface area contributed by atoms with Gasteiger partial charge >= 0.3 is 12.1 Å². The van der Waals surface area contributed by atoms with Gasteiger partial charge < -0.3 is 29.1 Å². The number of alkyl carbamates (subject to hydrolysis) is 1. The van der Waals surface area contributed by atoms with Crippen molar-refractivity contribution in [2.45, 2.75) is 44.9 Å². The van der Waals surface area contributed by atoms with Gasteiger partial charge in [-0.2, -0.15) is 0 Å². The molecule has 1 aromatic heterocycles. The Morgan fingerprint density at radius 3 is 2.72 bits per heavy atom. The van der Waals surface area contributed by atoms with Gasteiger partial charge in [-0.15, -0.1) is 0 Å². The van der Waals surface area contributed by atoms with Crippen molar-refractivity contribution in [1.82, 2.24) is 10.3 Å². The van der Waals surface area contributed by atoms with E-state index in [4.69, 9.17) is 18.6 Å². The summed E-state index contributed by atoms with van der Waals surface area (Å²) in [5, 5.41) is 13.2. The van der Waals surface area contributed by atoms with Crippen LogP contribution in [0.15, 0.2) is 35.3 Å². The number of ether oxygens (including phenoxy) is 3. The van der Waals surface area contributed by atoms with Crippen molar-refractivity contribution in [2.75, 3.05) is 13.7 Å². The van der Waals surface area contributed by atoms with E-state index in [0.717, 1.165) is 0 Å². The van der Waals surface area contributed by atoms with Crippen molar-refractivity contribution < 1.29 is 33.3 Å². The lowest BCUT2D eigenvalue weighted by atomic mass is 10.1. The number of hydrogen-bond donors (Lipinski definition) is 2. The fourth-order valence-electron chi connectivity index (χ4n) is 2.53. The van der Waals surface area contributed by atoms with Gasteiger partial charge in [0.05, 0.1) is 19.6 Å². The van der Waals surface area contributed by atoms with Gasteiger partial charge in [0.1, 0.15) is 17.7 Å². The topological polar surface area (TPSA) is 120 Å². The highest BCUT2D eigenvalue weighted by Crippen LogP contribution is 2.30. The predicted molar refractivity (Wildman–Crippen MR) is 104 cm³/mol. The molecule has 0 fully saturated rings. The maximum Gasteiger partial charge on any atom is 0.407 e. The molecule has 158 valence electrons.